The average molecular weight is 499 g/mol. The van der Waals surface area contributed by atoms with Crippen molar-refractivity contribution in [1.29, 1.82) is 0 Å². The number of esters is 1. The maximum atomic E-state index is 13.5. The lowest BCUT2D eigenvalue weighted by Gasteiger charge is -2.43. The predicted molar refractivity (Wildman–Crippen MR) is 135 cm³/mol. The van der Waals surface area contributed by atoms with Gasteiger partial charge < -0.3 is 14.9 Å². The van der Waals surface area contributed by atoms with Gasteiger partial charge in [-0.25, -0.2) is 13.9 Å². The van der Waals surface area contributed by atoms with Crippen LogP contribution in [0.2, 0.25) is 0 Å². The lowest BCUT2D eigenvalue weighted by atomic mass is 9.63. The van der Waals surface area contributed by atoms with E-state index in [2.05, 4.69) is 23.0 Å². The monoisotopic (exact) mass is 498 g/mol. The number of hydrogen-bond donors (Lipinski definition) is 2. The normalized spacial score (nSPS) is 24.8. The highest BCUT2D eigenvalue weighted by Crippen LogP contribution is 2.65. The molecule has 2 fully saturated rings. The third-order valence-electron chi connectivity index (χ3n) is 8.16. The van der Waals surface area contributed by atoms with Crippen molar-refractivity contribution < 1.29 is 24.1 Å². The molecule has 2 saturated carbocycles. The largest absolute Gasteiger partial charge is 0.467 e. The molecule has 0 bridgehead atoms. The Morgan fingerprint density at radius 2 is 1.97 bits per heavy atom. The van der Waals surface area contributed by atoms with Gasteiger partial charge in [0.1, 0.15) is 11.4 Å². The minimum Gasteiger partial charge on any atom is -0.467 e. The number of benzene rings is 2. The Bertz CT molecular complexity index is 1480. The lowest BCUT2D eigenvalue weighted by molar-refractivity contribution is -0.150. The molecule has 6 rings (SSSR count). The fourth-order valence-corrected chi connectivity index (χ4v) is 6.18. The molecule has 7 heteroatoms. The molecule has 2 aromatic carbocycles. The molecule has 188 valence electrons. The zero-order chi connectivity index (χ0) is 25.8. The van der Waals surface area contributed by atoms with Crippen molar-refractivity contribution in [3.8, 4) is 17.5 Å². The Morgan fingerprint density at radius 3 is 2.70 bits per heavy atom. The van der Waals surface area contributed by atoms with Gasteiger partial charge in [-0.2, -0.15) is 5.10 Å². The molecule has 0 radical (unpaired) electrons. The number of halogens is 1. The number of aliphatic hydroxyl groups is 2. The molecule has 1 heterocycles. The number of methoxy groups -OCH3 is 1. The van der Waals surface area contributed by atoms with Gasteiger partial charge in [-0.15, -0.1) is 0 Å². The Labute approximate surface area is 214 Å². The summed E-state index contributed by atoms with van der Waals surface area (Å²) in [4.78, 5) is 12.0. The van der Waals surface area contributed by atoms with Crippen LogP contribution in [-0.4, -0.2) is 38.7 Å². The second-order valence-corrected chi connectivity index (χ2v) is 10.2. The van der Waals surface area contributed by atoms with Crippen LogP contribution >= 0.6 is 0 Å². The molecule has 3 aliphatic carbocycles. The fraction of sp³-hybridized carbons (Fsp3) is 0.333. The summed E-state index contributed by atoms with van der Waals surface area (Å²) < 4.78 is 20.0. The minimum atomic E-state index is -1.45. The average Bonchev–Trinajstić information content (AvgIpc) is 3.64. The molecule has 3 atom stereocenters. The Kier molecular flexibility index (Phi) is 5.55. The van der Waals surface area contributed by atoms with Crippen molar-refractivity contribution in [3.05, 3.63) is 88.5 Å². The van der Waals surface area contributed by atoms with E-state index in [1.807, 2.05) is 10.9 Å². The molecule has 1 aromatic heterocycles. The minimum absolute atomic E-state index is 0.295. The van der Waals surface area contributed by atoms with Crippen molar-refractivity contribution in [2.45, 2.75) is 43.8 Å². The van der Waals surface area contributed by atoms with Gasteiger partial charge >= 0.3 is 5.97 Å². The van der Waals surface area contributed by atoms with Gasteiger partial charge in [-0.3, -0.25) is 0 Å². The van der Waals surface area contributed by atoms with Crippen LogP contribution in [0.1, 0.15) is 54.2 Å². The second-order valence-electron chi connectivity index (χ2n) is 10.2. The van der Waals surface area contributed by atoms with Gasteiger partial charge in [0.15, 0.2) is 6.10 Å². The van der Waals surface area contributed by atoms with Gasteiger partial charge in [0, 0.05) is 16.5 Å². The molecule has 0 amide bonds. The van der Waals surface area contributed by atoms with E-state index in [1.165, 1.54) is 24.8 Å². The van der Waals surface area contributed by atoms with Crippen LogP contribution in [-0.2, 0) is 16.0 Å². The van der Waals surface area contributed by atoms with Crippen LogP contribution in [0.3, 0.4) is 0 Å². The molecular formula is C30H27FN2O4. The topological polar surface area (TPSA) is 84.6 Å². The molecular weight excluding hydrogens is 471 g/mol. The lowest BCUT2D eigenvalue weighted by Crippen LogP contribution is -2.48. The zero-order valence-corrected chi connectivity index (χ0v) is 20.4. The first-order chi connectivity index (χ1) is 17.9. The summed E-state index contributed by atoms with van der Waals surface area (Å²) in [6.45, 7) is 0. The fourth-order valence-electron chi connectivity index (χ4n) is 6.18. The van der Waals surface area contributed by atoms with Crippen molar-refractivity contribution in [1.82, 2.24) is 9.78 Å². The van der Waals surface area contributed by atoms with Gasteiger partial charge in [-0.1, -0.05) is 35.6 Å². The van der Waals surface area contributed by atoms with Gasteiger partial charge in [0.25, 0.3) is 0 Å². The highest BCUT2D eigenvalue weighted by atomic mass is 19.1. The summed E-state index contributed by atoms with van der Waals surface area (Å²) in [5.74, 6) is 5.57. The van der Waals surface area contributed by atoms with Gasteiger partial charge in [-0.05, 0) is 80.0 Å². The number of ether oxygens (including phenoxy) is 1. The summed E-state index contributed by atoms with van der Waals surface area (Å²) >= 11 is 0. The van der Waals surface area contributed by atoms with Crippen molar-refractivity contribution in [2.75, 3.05) is 7.11 Å². The van der Waals surface area contributed by atoms with Crippen LogP contribution in [0.4, 0.5) is 4.39 Å². The summed E-state index contributed by atoms with van der Waals surface area (Å²) in [6, 6.07) is 13.2. The summed E-state index contributed by atoms with van der Waals surface area (Å²) in [6.07, 6.45) is 6.42. The molecule has 0 aliphatic heterocycles. The number of hydrogen-bond acceptors (Lipinski definition) is 5. The van der Waals surface area contributed by atoms with Crippen LogP contribution in [0.15, 0.2) is 60.3 Å². The van der Waals surface area contributed by atoms with Crippen molar-refractivity contribution in [3.63, 3.8) is 0 Å². The molecule has 2 N–H and O–H groups in total. The van der Waals surface area contributed by atoms with Gasteiger partial charge in [0.2, 0.25) is 0 Å². The van der Waals surface area contributed by atoms with Crippen molar-refractivity contribution in [2.24, 2.45) is 11.3 Å². The smallest absolute Gasteiger partial charge is 0.339 e. The van der Waals surface area contributed by atoms with Crippen LogP contribution in [0, 0.1) is 29.0 Å². The van der Waals surface area contributed by atoms with E-state index in [9.17, 15) is 19.4 Å². The number of nitrogens with zero attached hydrogens (tertiary/aromatic N) is 2. The Hall–Kier alpha value is -3.73. The standard InChI is InChI=1S/C30H27FN2O4/c1-37-28(35)27(34)25-5-3-2-4-19(25)12-14-29(36)15-13-22-16-26-20(17-30(22,29)21-6-7-21)18-32-33(26)24-10-8-23(31)9-11-24/h2-5,8-11,16,18,21,27,34,36H,6-7,13,15,17H2,1H3/t27?,29-,30?/m0/s1. The number of carbonyl (C=O) groups excluding carboxylic acids is 1. The van der Waals surface area contributed by atoms with Crippen LogP contribution in [0.25, 0.3) is 11.8 Å². The van der Waals surface area contributed by atoms with E-state index in [0.717, 1.165) is 29.8 Å². The van der Waals surface area contributed by atoms with E-state index >= 15 is 0 Å². The van der Waals surface area contributed by atoms with E-state index in [1.54, 1.807) is 36.4 Å². The third-order valence-corrected chi connectivity index (χ3v) is 8.16. The highest BCUT2D eigenvalue weighted by molar-refractivity contribution is 5.77. The van der Waals surface area contributed by atoms with Crippen LogP contribution in [0.5, 0.6) is 0 Å². The second kappa shape index (κ2) is 8.69. The zero-order valence-electron chi connectivity index (χ0n) is 20.4. The van der Waals surface area contributed by atoms with E-state index < -0.39 is 23.1 Å². The predicted octanol–water partition coefficient (Wildman–Crippen LogP) is 4.13. The van der Waals surface area contributed by atoms with Crippen LogP contribution < -0.4 is 0 Å². The Morgan fingerprint density at radius 1 is 1.22 bits per heavy atom. The summed E-state index contributed by atoms with van der Waals surface area (Å²) in [7, 11) is 1.23. The SMILES string of the molecule is COC(=O)C(O)c1ccccc1C#C[C@]1(O)CCC2=Cc3c(cnn3-c3ccc(F)cc3)CC21C1CC1. The molecule has 37 heavy (non-hydrogen) atoms. The molecule has 0 saturated heterocycles. The molecule has 6 nitrogen and oxygen atoms in total. The first-order valence-corrected chi connectivity index (χ1v) is 12.5. The van der Waals surface area contributed by atoms with E-state index in [0.29, 0.717) is 36.3 Å². The quantitative estimate of drug-likeness (QED) is 0.418. The molecule has 0 spiro atoms. The molecule has 3 aliphatic rings. The number of carbonyl (C=O) groups is 1. The summed E-state index contributed by atoms with van der Waals surface area (Å²) in [5.41, 5.74) is 3.01. The maximum absolute atomic E-state index is 13.5. The number of aromatic nitrogens is 2. The Balaban J connectivity index is 1.40. The first kappa shape index (κ1) is 23.7. The van der Waals surface area contributed by atoms with E-state index in [4.69, 9.17) is 4.74 Å². The third kappa shape index (κ3) is 3.71. The number of rotatable bonds is 4. The highest BCUT2D eigenvalue weighted by Gasteiger charge is 2.64. The number of fused-ring (bicyclic) bond motifs is 2. The van der Waals surface area contributed by atoms with Crippen molar-refractivity contribution >= 4 is 12.0 Å². The molecule has 3 aromatic rings. The molecule has 2 unspecified atom stereocenters. The maximum Gasteiger partial charge on any atom is 0.339 e. The number of aliphatic hydroxyl groups excluding tert-OH is 1. The van der Waals surface area contributed by atoms with Gasteiger partial charge in [0.05, 0.1) is 24.7 Å². The summed E-state index contributed by atoms with van der Waals surface area (Å²) in [5, 5.41) is 27.2. The first-order valence-electron chi connectivity index (χ1n) is 12.5. The van der Waals surface area contributed by atoms with E-state index in [-0.39, 0.29) is 5.82 Å².